The molecule has 164 valence electrons. The van der Waals surface area contributed by atoms with Gasteiger partial charge in [0.25, 0.3) is 10.0 Å². The van der Waals surface area contributed by atoms with Gasteiger partial charge < -0.3 is 5.32 Å². The summed E-state index contributed by atoms with van der Waals surface area (Å²) in [6, 6.07) is 11.2. The Kier molecular flexibility index (Phi) is 7.92. The third-order valence-corrected chi connectivity index (χ3v) is 8.88. The Morgan fingerprint density at radius 3 is 2.40 bits per heavy atom. The Labute approximate surface area is 187 Å². The van der Waals surface area contributed by atoms with E-state index >= 15 is 0 Å². The van der Waals surface area contributed by atoms with Gasteiger partial charge in [-0.25, -0.2) is 8.42 Å². The number of thiophene rings is 1. The molecule has 1 amide bonds. The van der Waals surface area contributed by atoms with Crippen molar-refractivity contribution in [2.75, 3.05) is 26.7 Å². The second-order valence-electron chi connectivity index (χ2n) is 7.87. The maximum absolute atomic E-state index is 12.5. The molecule has 1 N–H and O–H groups in total. The SMILES string of the molecule is CC1CCN(Cc2ccc(CNC(=O)CN(C)S(=O)(=O)c3ccc(Cl)s3)cc2)CC1. The molecule has 1 aromatic carbocycles. The number of halogens is 1. The molecule has 0 saturated carbocycles. The monoisotopic (exact) mass is 469 g/mol. The molecular weight excluding hydrogens is 442 g/mol. The first-order chi connectivity index (χ1) is 14.2. The summed E-state index contributed by atoms with van der Waals surface area (Å²) in [5.74, 6) is 0.472. The van der Waals surface area contributed by atoms with E-state index in [4.69, 9.17) is 11.6 Å². The van der Waals surface area contributed by atoms with Gasteiger partial charge in [0, 0.05) is 20.1 Å². The van der Waals surface area contributed by atoms with Crippen molar-refractivity contribution >= 4 is 38.9 Å². The van der Waals surface area contributed by atoms with Crippen LogP contribution in [0.2, 0.25) is 4.34 Å². The van der Waals surface area contributed by atoms with Gasteiger partial charge in [0.05, 0.1) is 10.9 Å². The van der Waals surface area contributed by atoms with Crippen LogP contribution >= 0.6 is 22.9 Å². The highest BCUT2D eigenvalue weighted by Crippen LogP contribution is 2.27. The minimum Gasteiger partial charge on any atom is -0.351 e. The van der Waals surface area contributed by atoms with Gasteiger partial charge in [0.1, 0.15) is 4.21 Å². The Morgan fingerprint density at radius 1 is 1.17 bits per heavy atom. The lowest BCUT2D eigenvalue weighted by atomic mass is 9.99. The first-order valence-corrected chi connectivity index (χ1v) is 12.7. The lowest BCUT2D eigenvalue weighted by Gasteiger charge is -2.30. The van der Waals surface area contributed by atoms with E-state index in [1.807, 2.05) is 12.1 Å². The van der Waals surface area contributed by atoms with Crippen LogP contribution in [0.1, 0.15) is 30.9 Å². The number of benzene rings is 1. The molecule has 30 heavy (non-hydrogen) atoms. The number of likely N-dealkylation sites (tertiary alicyclic amines) is 1. The second-order valence-corrected chi connectivity index (χ2v) is 11.9. The molecular formula is C21H28ClN3O3S2. The first-order valence-electron chi connectivity index (χ1n) is 10.0. The quantitative estimate of drug-likeness (QED) is 0.641. The number of hydrogen-bond donors (Lipinski definition) is 1. The van der Waals surface area contributed by atoms with E-state index in [0.29, 0.717) is 10.9 Å². The molecule has 9 heteroatoms. The lowest BCUT2D eigenvalue weighted by molar-refractivity contribution is -0.121. The van der Waals surface area contributed by atoms with E-state index in [2.05, 4.69) is 29.3 Å². The highest BCUT2D eigenvalue weighted by atomic mass is 35.5. The van der Waals surface area contributed by atoms with Crippen LogP contribution in [0, 0.1) is 5.92 Å². The highest BCUT2D eigenvalue weighted by Gasteiger charge is 2.24. The van der Waals surface area contributed by atoms with Crippen molar-refractivity contribution in [1.82, 2.24) is 14.5 Å². The lowest BCUT2D eigenvalue weighted by Crippen LogP contribution is -2.37. The smallest absolute Gasteiger partial charge is 0.252 e. The summed E-state index contributed by atoms with van der Waals surface area (Å²) in [5.41, 5.74) is 2.25. The van der Waals surface area contributed by atoms with Gasteiger partial charge in [-0.2, -0.15) is 4.31 Å². The van der Waals surface area contributed by atoms with Crippen molar-refractivity contribution in [2.24, 2.45) is 5.92 Å². The van der Waals surface area contributed by atoms with Crippen LogP contribution in [-0.4, -0.2) is 50.2 Å². The van der Waals surface area contributed by atoms with Gasteiger partial charge >= 0.3 is 0 Å². The summed E-state index contributed by atoms with van der Waals surface area (Å²) in [6.07, 6.45) is 2.52. The number of nitrogens with zero attached hydrogens (tertiary/aromatic N) is 2. The number of nitrogens with one attached hydrogen (secondary N) is 1. The molecule has 6 nitrogen and oxygen atoms in total. The predicted molar refractivity (Wildman–Crippen MR) is 121 cm³/mol. The summed E-state index contributed by atoms with van der Waals surface area (Å²) in [6.45, 7) is 5.67. The Balaban J connectivity index is 1.46. The van der Waals surface area contributed by atoms with Crippen molar-refractivity contribution in [3.63, 3.8) is 0 Å². The Morgan fingerprint density at radius 2 is 1.80 bits per heavy atom. The molecule has 1 fully saturated rings. The average Bonchev–Trinajstić information content (AvgIpc) is 3.16. The minimum atomic E-state index is -3.72. The largest absolute Gasteiger partial charge is 0.351 e. The highest BCUT2D eigenvalue weighted by molar-refractivity contribution is 7.91. The van der Waals surface area contributed by atoms with Gasteiger partial charge in [-0.05, 0) is 55.1 Å². The van der Waals surface area contributed by atoms with Crippen molar-refractivity contribution in [1.29, 1.82) is 0 Å². The summed E-state index contributed by atoms with van der Waals surface area (Å²) < 4.78 is 26.5. The molecule has 1 aliphatic heterocycles. The minimum absolute atomic E-state index is 0.126. The fourth-order valence-electron chi connectivity index (χ4n) is 3.37. The fraction of sp³-hybridized carbons (Fsp3) is 0.476. The zero-order valence-corrected chi connectivity index (χ0v) is 19.7. The van der Waals surface area contributed by atoms with Crippen LogP contribution in [0.25, 0.3) is 0 Å². The third kappa shape index (κ3) is 6.28. The number of rotatable bonds is 8. The van der Waals surface area contributed by atoms with E-state index < -0.39 is 10.0 Å². The van der Waals surface area contributed by atoms with Crippen molar-refractivity contribution in [3.05, 3.63) is 51.9 Å². The molecule has 0 atom stereocenters. The van der Waals surface area contributed by atoms with Crippen LogP contribution in [0.4, 0.5) is 0 Å². The van der Waals surface area contributed by atoms with E-state index in [1.165, 1.54) is 37.6 Å². The van der Waals surface area contributed by atoms with E-state index in [1.54, 1.807) is 0 Å². The molecule has 1 saturated heterocycles. The zero-order chi connectivity index (χ0) is 21.7. The maximum Gasteiger partial charge on any atom is 0.252 e. The van der Waals surface area contributed by atoms with Crippen molar-refractivity contribution in [2.45, 2.75) is 37.1 Å². The first kappa shape index (κ1) is 23.2. The molecule has 0 spiro atoms. The molecule has 0 bridgehead atoms. The number of amides is 1. The number of carbonyl (C=O) groups excluding carboxylic acids is 1. The Bertz CT molecular complexity index is 952. The van der Waals surface area contributed by atoms with Crippen LogP contribution in [-0.2, 0) is 27.9 Å². The summed E-state index contributed by atoms with van der Waals surface area (Å²) in [5, 5.41) is 2.79. The van der Waals surface area contributed by atoms with Gasteiger partial charge in [-0.1, -0.05) is 42.8 Å². The van der Waals surface area contributed by atoms with Crippen LogP contribution in [0.15, 0.2) is 40.6 Å². The summed E-state index contributed by atoms with van der Waals surface area (Å²) in [7, 11) is -2.33. The van der Waals surface area contributed by atoms with Gasteiger partial charge in [0.15, 0.2) is 0 Å². The van der Waals surface area contributed by atoms with Gasteiger partial charge in [-0.3, -0.25) is 9.69 Å². The van der Waals surface area contributed by atoms with Crippen LogP contribution in [0.5, 0.6) is 0 Å². The summed E-state index contributed by atoms with van der Waals surface area (Å²) >= 11 is 6.79. The number of hydrogen-bond acceptors (Lipinski definition) is 5. The fourth-order valence-corrected chi connectivity index (χ4v) is 6.20. The zero-order valence-electron chi connectivity index (χ0n) is 17.3. The number of piperidine rings is 1. The van der Waals surface area contributed by atoms with Crippen molar-refractivity contribution < 1.29 is 13.2 Å². The molecule has 1 aromatic heterocycles. The maximum atomic E-state index is 12.5. The predicted octanol–water partition coefficient (Wildman–Crippen LogP) is 3.57. The van der Waals surface area contributed by atoms with Crippen LogP contribution in [0.3, 0.4) is 0 Å². The Hall–Kier alpha value is -1.45. The van der Waals surface area contributed by atoms with E-state index in [9.17, 15) is 13.2 Å². The standard InChI is InChI=1S/C21H28ClN3O3S2/c1-16-9-11-25(12-10-16)14-18-5-3-17(4-6-18)13-23-20(26)15-24(2)30(27,28)21-8-7-19(22)29-21/h3-8,16H,9-15H2,1-2H3,(H,23,26). The molecule has 3 rings (SSSR count). The van der Waals surface area contributed by atoms with Crippen molar-refractivity contribution in [3.8, 4) is 0 Å². The van der Waals surface area contributed by atoms with E-state index in [0.717, 1.165) is 46.8 Å². The molecule has 1 aliphatic rings. The molecule has 0 aliphatic carbocycles. The van der Waals surface area contributed by atoms with Crippen LogP contribution < -0.4 is 5.32 Å². The number of carbonyl (C=O) groups is 1. The topological polar surface area (TPSA) is 69.7 Å². The molecule has 0 radical (unpaired) electrons. The van der Waals surface area contributed by atoms with E-state index in [-0.39, 0.29) is 16.7 Å². The molecule has 0 unspecified atom stereocenters. The summed E-state index contributed by atoms with van der Waals surface area (Å²) in [4.78, 5) is 14.7. The average molecular weight is 470 g/mol. The molecule has 2 heterocycles. The number of sulfonamides is 1. The third-order valence-electron chi connectivity index (χ3n) is 5.37. The van der Waals surface area contributed by atoms with Gasteiger partial charge in [-0.15, -0.1) is 11.3 Å². The van der Waals surface area contributed by atoms with Gasteiger partial charge in [0.2, 0.25) is 5.91 Å². The number of likely N-dealkylation sites (N-methyl/N-ethyl adjacent to an activating group) is 1. The normalized spacial score (nSPS) is 16.1. The second kappa shape index (κ2) is 10.2. The molecule has 2 aromatic rings.